The van der Waals surface area contributed by atoms with Gasteiger partial charge in [0.1, 0.15) is 36.7 Å². The smallest absolute Gasteiger partial charge is 0.308 e. The summed E-state index contributed by atoms with van der Waals surface area (Å²) in [4.78, 5) is 28.1. The molecule has 0 bridgehead atoms. The number of aliphatic hydroxyl groups is 1. The maximum Gasteiger partial charge on any atom is 0.308 e. The summed E-state index contributed by atoms with van der Waals surface area (Å²) in [7, 11) is 0. The van der Waals surface area contributed by atoms with Crippen molar-refractivity contribution in [3.63, 3.8) is 0 Å². The fourth-order valence-corrected chi connectivity index (χ4v) is 3.28. The van der Waals surface area contributed by atoms with Crippen LogP contribution in [0.1, 0.15) is 33.4 Å². The summed E-state index contributed by atoms with van der Waals surface area (Å²) in [6.07, 6.45) is -2.71. The largest absolute Gasteiger partial charge is 0.463 e. The number of aliphatic hydroxyl groups excluding tert-OH is 1. The van der Waals surface area contributed by atoms with Crippen LogP contribution < -0.4 is 5.73 Å². The molecule has 1 aliphatic heterocycles. The molecule has 2 aromatic heterocycles. The highest BCUT2D eigenvalue weighted by molar-refractivity contribution is 5.72. The Kier molecular flexibility index (Phi) is 6.15. The summed E-state index contributed by atoms with van der Waals surface area (Å²) in [5, 5.41) is 25.3. The lowest BCUT2D eigenvalue weighted by Gasteiger charge is -2.25. The van der Waals surface area contributed by atoms with Gasteiger partial charge in [0.25, 0.3) is 0 Å². The van der Waals surface area contributed by atoms with E-state index >= 15 is 0 Å². The van der Waals surface area contributed by atoms with Crippen molar-refractivity contribution >= 4 is 23.3 Å². The lowest BCUT2D eigenvalue weighted by molar-refractivity contribution is -0.164. The van der Waals surface area contributed by atoms with Gasteiger partial charge in [-0.05, 0) is 12.1 Å². The standard InChI is InChI=1S/C20H25N5O6/c1-10(2)18(27)29-7-13-15(30-19(28)11(3)4)16(26)20(8-21,31-13)14-6-5-12-17(22)23-9-24-25(12)14/h5-6,9-11,13,15-16,26H,7H2,1-4H3,(H2,22,23,24). The first-order chi connectivity index (χ1) is 14.6. The van der Waals surface area contributed by atoms with Crippen molar-refractivity contribution in [3.05, 3.63) is 24.2 Å². The minimum atomic E-state index is -1.95. The number of nitriles is 1. The van der Waals surface area contributed by atoms with E-state index in [1.54, 1.807) is 33.8 Å². The molecule has 3 N–H and O–H groups in total. The number of nitrogens with two attached hydrogens (primary N) is 1. The molecule has 1 saturated heterocycles. The number of nitrogens with zero attached hydrogens (tertiary/aromatic N) is 4. The Bertz CT molecular complexity index is 1030. The topological polar surface area (TPSA) is 162 Å². The van der Waals surface area contributed by atoms with Gasteiger partial charge < -0.3 is 25.1 Å². The number of hydrogen-bond donors (Lipinski definition) is 2. The Balaban J connectivity index is 2.02. The second-order valence-corrected chi connectivity index (χ2v) is 7.95. The van der Waals surface area contributed by atoms with Crippen LogP contribution in [0.4, 0.5) is 5.82 Å². The molecule has 3 heterocycles. The molecule has 0 spiro atoms. The molecule has 1 fully saturated rings. The summed E-state index contributed by atoms with van der Waals surface area (Å²) in [5.74, 6) is -1.78. The predicted octanol–water partition coefficient (Wildman–Crippen LogP) is 0.557. The number of anilines is 1. The first kappa shape index (κ1) is 22.5. The van der Waals surface area contributed by atoms with Gasteiger partial charge in [0.2, 0.25) is 5.60 Å². The molecule has 4 unspecified atom stereocenters. The highest BCUT2D eigenvalue weighted by Crippen LogP contribution is 2.42. The SMILES string of the molecule is CC(C)C(=O)OCC1OC(C#N)(c2ccc3c(N)ncnn23)C(O)C1OC(=O)C(C)C. The average molecular weight is 431 g/mol. The zero-order valence-electron chi connectivity index (χ0n) is 17.7. The summed E-state index contributed by atoms with van der Waals surface area (Å²) >= 11 is 0. The fraction of sp³-hybridized carbons (Fsp3) is 0.550. The minimum absolute atomic E-state index is 0.173. The number of aromatic nitrogens is 3. The van der Waals surface area contributed by atoms with Crippen molar-refractivity contribution < 1.29 is 28.9 Å². The Labute approximate surface area is 178 Å². The number of hydrogen-bond acceptors (Lipinski definition) is 10. The van der Waals surface area contributed by atoms with E-state index in [0.29, 0.717) is 5.52 Å². The minimum Gasteiger partial charge on any atom is -0.463 e. The lowest BCUT2D eigenvalue weighted by Crippen LogP contribution is -2.43. The Morgan fingerprint density at radius 2 is 2.00 bits per heavy atom. The van der Waals surface area contributed by atoms with Gasteiger partial charge in [-0.1, -0.05) is 27.7 Å². The molecule has 0 radical (unpaired) electrons. The molecular weight excluding hydrogens is 406 g/mol. The van der Waals surface area contributed by atoms with E-state index < -0.39 is 47.7 Å². The Morgan fingerprint density at radius 3 is 2.61 bits per heavy atom. The zero-order chi connectivity index (χ0) is 22.9. The van der Waals surface area contributed by atoms with Gasteiger partial charge in [-0.15, -0.1) is 0 Å². The number of nitrogen functional groups attached to an aromatic ring is 1. The van der Waals surface area contributed by atoms with E-state index in [1.165, 1.54) is 16.9 Å². The van der Waals surface area contributed by atoms with Crippen LogP contribution >= 0.6 is 0 Å². The molecule has 11 heteroatoms. The van der Waals surface area contributed by atoms with Crippen LogP contribution in [0.2, 0.25) is 0 Å². The predicted molar refractivity (Wildman–Crippen MR) is 106 cm³/mol. The zero-order valence-corrected chi connectivity index (χ0v) is 17.7. The summed E-state index contributed by atoms with van der Waals surface area (Å²) < 4.78 is 18.0. The van der Waals surface area contributed by atoms with Gasteiger partial charge in [0, 0.05) is 0 Å². The van der Waals surface area contributed by atoms with Crippen LogP contribution in [-0.4, -0.2) is 56.6 Å². The fourth-order valence-electron chi connectivity index (χ4n) is 3.28. The molecule has 0 amide bonds. The van der Waals surface area contributed by atoms with E-state index in [1.807, 2.05) is 6.07 Å². The van der Waals surface area contributed by atoms with E-state index in [9.17, 15) is 20.0 Å². The van der Waals surface area contributed by atoms with Crippen molar-refractivity contribution in [1.82, 2.24) is 14.6 Å². The van der Waals surface area contributed by atoms with Crippen molar-refractivity contribution in [2.45, 2.75) is 51.6 Å². The Morgan fingerprint density at radius 1 is 1.32 bits per heavy atom. The number of esters is 2. The summed E-state index contributed by atoms with van der Waals surface area (Å²) in [6, 6.07) is 5.10. The van der Waals surface area contributed by atoms with Gasteiger partial charge in [-0.2, -0.15) is 10.4 Å². The first-order valence-electron chi connectivity index (χ1n) is 9.85. The first-order valence-corrected chi connectivity index (χ1v) is 9.85. The Hall–Kier alpha value is -3.23. The molecule has 11 nitrogen and oxygen atoms in total. The van der Waals surface area contributed by atoms with E-state index in [4.69, 9.17) is 19.9 Å². The van der Waals surface area contributed by atoms with Gasteiger partial charge in [-0.25, -0.2) is 9.50 Å². The third kappa shape index (κ3) is 3.92. The quantitative estimate of drug-likeness (QED) is 0.618. The van der Waals surface area contributed by atoms with E-state index in [0.717, 1.165) is 0 Å². The monoisotopic (exact) mass is 431 g/mol. The average Bonchev–Trinajstić information content (AvgIpc) is 3.27. The second-order valence-electron chi connectivity index (χ2n) is 7.95. The number of carbonyl (C=O) groups is 2. The second kappa shape index (κ2) is 8.49. The van der Waals surface area contributed by atoms with Crippen LogP contribution in [-0.2, 0) is 29.4 Å². The highest BCUT2D eigenvalue weighted by atomic mass is 16.6. The van der Waals surface area contributed by atoms with Crippen LogP contribution in [0, 0.1) is 23.2 Å². The van der Waals surface area contributed by atoms with E-state index in [2.05, 4.69) is 10.1 Å². The number of fused-ring (bicyclic) bond motifs is 1. The van der Waals surface area contributed by atoms with Crippen molar-refractivity contribution in [3.8, 4) is 6.07 Å². The molecule has 166 valence electrons. The van der Waals surface area contributed by atoms with Crippen LogP contribution in [0.25, 0.3) is 5.52 Å². The molecule has 0 aromatic carbocycles. The van der Waals surface area contributed by atoms with Crippen LogP contribution in [0.15, 0.2) is 18.5 Å². The van der Waals surface area contributed by atoms with Crippen molar-refractivity contribution in [2.75, 3.05) is 12.3 Å². The molecule has 31 heavy (non-hydrogen) atoms. The maximum atomic E-state index is 12.3. The molecule has 2 aromatic rings. The highest BCUT2D eigenvalue weighted by Gasteiger charge is 2.60. The summed E-state index contributed by atoms with van der Waals surface area (Å²) in [5.41, 5.74) is 4.50. The van der Waals surface area contributed by atoms with E-state index in [-0.39, 0.29) is 18.1 Å². The van der Waals surface area contributed by atoms with Crippen LogP contribution in [0.5, 0.6) is 0 Å². The maximum absolute atomic E-state index is 12.3. The lowest BCUT2D eigenvalue weighted by atomic mass is 9.92. The van der Waals surface area contributed by atoms with Gasteiger partial charge in [0.15, 0.2) is 11.9 Å². The molecular formula is C20H25N5O6. The summed E-state index contributed by atoms with van der Waals surface area (Å²) in [6.45, 7) is 6.29. The molecule has 4 atom stereocenters. The third-order valence-electron chi connectivity index (χ3n) is 5.04. The number of carbonyl (C=O) groups excluding carboxylic acids is 2. The van der Waals surface area contributed by atoms with Gasteiger partial charge >= 0.3 is 11.9 Å². The number of rotatable bonds is 6. The molecule has 3 rings (SSSR count). The van der Waals surface area contributed by atoms with Crippen LogP contribution in [0.3, 0.4) is 0 Å². The molecule has 0 aliphatic carbocycles. The van der Waals surface area contributed by atoms with Crippen molar-refractivity contribution in [1.29, 1.82) is 5.26 Å². The van der Waals surface area contributed by atoms with Crippen molar-refractivity contribution in [2.24, 2.45) is 11.8 Å². The molecule has 1 aliphatic rings. The third-order valence-corrected chi connectivity index (χ3v) is 5.04. The van der Waals surface area contributed by atoms with Gasteiger partial charge in [0.05, 0.1) is 17.5 Å². The number of ether oxygens (including phenoxy) is 3. The molecule has 0 saturated carbocycles. The normalized spacial score (nSPS) is 25.7. The van der Waals surface area contributed by atoms with Gasteiger partial charge in [-0.3, -0.25) is 9.59 Å².